The van der Waals surface area contributed by atoms with E-state index in [4.69, 9.17) is 0 Å². The largest absolute Gasteiger partial charge is 0.338 e. The third-order valence-electron chi connectivity index (χ3n) is 6.00. The molecule has 1 aromatic rings. The zero-order chi connectivity index (χ0) is 17.3. The SMILES string of the molecule is O=C(CCNC(=O)NC12CC3CC(CC(C3)C1)C2)Nc1cccnc1. The van der Waals surface area contributed by atoms with E-state index >= 15 is 0 Å². The topological polar surface area (TPSA) is 83.1 Å². The second-order valence-corrected chi connectivity index (χ2v) is 8.12. The van der Waals surface area contributed by atoms with Gasteiger partial charge >= 0.3 is 6.03 Å². The van der Waals surface area contributed by atoms with E-state index < -0.39 is 0 Å². The Morgan fingerprint density at radius 1 is 1.12 bits per heavy atom. The zero-order valence-electron chi connectivity index (χ0n) is 14.5. The molecule has 0 radical (unpaired) electrons. The predicted octanol–water partition coefficient (Wildman–Crippen LogP) is 2.68. The van der Waals surface area contributed by atoms with Crippen LogP contribution in [0.25, 0.3) is 0 Å². The number of urea groups is 1. The maximum Gasteiger partial charge on any atom is 0.315 e. The van der Waals surface area contributed by atoms with Crippen LogP contribution in [0.5, 0.6) is 0 Å². The van der Waals surface area contributed by atoms with Crippen molar-refractivity contribution in [3.8, 4) is 0 Å². The minimum atomic E-state index is -0.129. The van der Waals surface area contributed by atoms with Crippen LogP contribution in [0.15, 0.2) is 24.5 Å². The molecule has 0 atom stereocenters. The molecule has 6 nitrogen and oxygen atoms in total. The lowest BCUT2D eigenvalue weighted by Crippen LogP contribution is -2.61. The Morgan fingerprint density at radius 3 is 2.40 bits per heavy atom. The highest BCUT2D eigenvalue weighted by Crippen LogP contribution is 2.55. The fraction of sp³-hybridized carbons (Fsp3) is 0.632. The van der Waals surface area contributed by atoms with Crippen molar-refractivity contribution in [3.05, 3.63) is 24.5 Å². The average Bonchev–Trinajstić information content (AvgIpc) is 2.53. The van der Waals surface area contributed by atoms with Gasteiger partial charge in [-0.25, -0.2) is 4.79 Å². The number of carbonyl (C=O) groups is 2. The zero-order valence-corrected chi connectivity index (χ0v) is 14.5. The van der Waals surface area contributed by atoms with E-state index in [0.717, 1.165) is 37.0 Å². The second kappa shape index (κ2) is 6.65. The highest BCUT2D eigenvalue weighted by atomic mass is 16.2. The van der Waals surface area contributed by atoms with E-state index in [0.29, 0.717) is 12.2 Å². The molecule has 3 N–H and O–H groups in total. The van der Waals surface area contributed by atoms with E-state index in [1.807, 2.05) is 0 Å². The maximum atomic E-state index is 12.3. The molecule has 3 amide bonds. The van der Waals surface area contributed by atoms with Crippen LogP contribution >= 0.6 is 0 Å². The molecule has 0 spiro atoms. The van der Waals surface area contributed by atoms with Gasteiger partial charge < -0.3 is 16.0 Å². The molecular weight excluding hydrogens is 316 g/mol. The van der Waals surface area contributed by atoms with Gasteiger partial charge in [0, 0.05) is 24.7 Å². The van der Waals surface area contributed by atoms with Crippen LogP contribution in [-0.4, -0.2) is 29.0 Å². The van der Waals surface area contributed by atoms with Crippen LogP contribution in [0.2, 0.25) is 0 Å². The molecule has 1 heterocycles. The first-order valence-corrected chi connectivity index (χ1v) is 9.36. The number of nitrogens with zero attached hydrogens (tertiary/aromatic N) is 1. The first-order valence-electron chi connectivity index (χ1n) is 9.36. The van der Waals surface area contributed by atoms with Crippen molar-refractivity contribution in [1.29, 1.82) is 0 Å². The van der Waals surface area contributed by atoms with E-state index in [2.05, 4.69) is 20.9 Å². The smallest absolute Gasteiger partial charge is 0.315 e. The number of rotatable bonds is 5. The monoisotopic (exact) mass is 342 g/mol. The Balaban J connectivity index is 1.21. The number of amides is 3. The molecule has 134 valence electrons. The number of hydrogen-bond donors (Lipinski definition) is 3. The van der Waals surface area contributed by atoms with Crippen molar-refractivity contribution in [2.24, 2.45) is 17.8 Å². The molecule has 0 saturated heterocycles. The van der Waals surface area contributed by atoms with Gasteiger partial charge in [0.15, 0.2) is 0 Å². The third-order valence-corrected chi connectivity index (χ3v) is 6.00. The van der Waals surface area contributed by atoms with Gasteiger partial charge in [-0.1, -0.05) is 0 Å². The molecule has 0 aromatic carbocycles. The number of nitrogens with one attached hydrogen (secondary N) is 3. The number of anilines is 1. The summed E-state index contributed by atoms with van der Waals surface area (Å²) in [6.45, 7) is 0.338. The minimum Gasteiger partial charge on any atom is -0.338 e. The van der Waals surface area contributed by atoms with Crippen LogP contribution in [0.4, 0.5) is 10.5 Å². The lowest BCUT2D eigenvalue weighted by atomic mass is 9.53. The highest BCUT2D eigenvalue weighted by Gasteiger charge is 2.51. The van der Waals surface area contributed by atoms with Crippen LogP contribution in [0, 0.1) is 17.8 Å². The van der Waals surface area contributed by atoms with Crippen molar-refractivity contribution < 1.29 is 9.59 Å². The Bertz CT molecular complexity index is 611. The van der Waals surface area contributed by atoms with Crippen molar-refractivity contribution in [2.75, 3.05) is 11.9 Å². The fourth-order valence-corrected chi connectivity index (χ4v) is 5.50. The Kier molecular flexibility index (Phi) is 4.36. The van der Waals surface area contributed by atoms with Gasteiger partial charge in [-0.3, -0.25) is 9.78 Å². The molecule has 4 saturated carbocycles. The summed E-state index contributed by atoms with van der Waals surface area (Å²) in [5.41, 5.74) is 0.682. The van der Waals surface area contributed by atoms with Gasteiger partial charge in [0.1, 0.15) is 0 Å². The standard InChI is InChI=1S/C19H26N4O2/c24-17(22-16-2-1-4-20-12-16)3-5-21-18(25)23-19-9-13-6-14(10-19)8-15(7-13)11-19/h1-2,4,12-15H,3,5-11H2,(H,22,24)(H2,21,23,25). The molecule has 0 unspecified atom stereocenters. The molecule has 4 fully saturated rings. The van der Waals surface area contributed by atoms with Gasteiger partial charge in [0.05, 0.1) is 11.9 Å². The van der Waals surface area contributed by atoms with Crippen LogP contribution in [0.3, 0.4) is 0 Å². The van der Waals surface area contributed by atoms with Gasteiger partial charge in [-0.2, -0.15) is 0 Å². The van der Waals surface area contributed by atoms with Gasteiger partial charge in [0.25, 0.3) is 0 Å². The summed E-state index contributed by atoms with van der Waals surface area (Å²) in [5.74, 6) is 2.29. The van der Waals surface area contributed by atoms with E-state index in [9.17, 15) is 9.59 Å². The van der Waals surface area contributed by atoms with Crippen molar-refractivity contribution in [2.45, 2.75) is 50.5 Å². The summed E-state index contributed by atoms with van der Waals surface area (Å²) >= 11 is 0. The number of pyridine rings is 1. The third kappa shape index (κ3) is 3.78. The molecule has 4 aliphatic rings. The Morgan fingerprint density at radius 2 is 1.80 bits per heavy atom. The predicted molar refractivity (Wildman–Crippen MR) is 94.9 cm³/mol. The molecule has 25 heavy (non-hydrogen) atoms. The molecular formula is C19H26N4O2. The molecule has 6 heteroatoms. The Labute approximate surface area is 148 Å². The van der Waals surface area contributed by atoms with E-state index in [1.54, 1.807) is 24.5 Å². The number of aromatic nitrogens is 1. The number of carbonyl (C=O) groups excluding carboxylic acids is 2. The maximum absolute atomic E-state index is 12.3. The summed E-state index contributed by atoms with van der Waals surface area (Å²) in [7, 11) is 0. The fourth-order valence-electron chi connectivity index (χ4n) is 5.50. The van der Waals surface area contributed by atoms with Crippen molar-refractivity contribution >= 4 is 17.6 Å². The van der Waals surface area contributed by atoms with Gasteiger partial charge in [-0.15, -0.1) is 0 Å². The summed E-state index contributed by atoms with van der Waals surface area (Å²) in [4.78, 5) is 28.2. The Hall–Kier alpha value is -2.11. The van der Waals surface area contributed by atoms with E-state index in [-0.39, 0.29) is 23.9 Å². The van der Waals surface area contributed by atoms with Crippen LogP contribution in [0.1, 0.15) is 44.9 Å². The molecule has 4 aliphatic carbocycles. The lowest BCUT2D eigenvalue weighted by molar-refractivity contribution is -0.116. The molecule has 0 aliphatic heterocycles. The quantitative estimate of drug-likeness (QED) is 0.769. The average molecular weight is 342 g/mol. The second-order valence-electron chi connectivity index (χ2n) is 8.12. The lowest BCUT2D eigenvalue weighted by Gasteiger charge is -2.56. The van der Waals surface area contributed by atoms with Crippen molar-refractivity contribution in [1.82, 2.24) is 15.6 Å². The molecule has 1 aromatic heterocycles. The normalized spacial score (nSPS) is 32.2. The van der Waals surface area contributed by atoms with Crippen LogP contribution in [-0.2, 0) is 4.79 Å². The first kappa shape index (κ1) is 16.4. The number of hydrogen-bond acceptors (Lipinski definition) is 3. The van der Waals surface area contributed by atoms with Gasteiger partial charge in [-0.05, 0) is 68.4 Å². The van der Waals surface area contributed by atoms with Crippen LogP contribution < -0.4 is 16.0 Å². The molecule has 5 rings (SSSR count). The van der Waals surface area contributed by atoms with E-state index in [1.165, 1.54) is 19.3 Å². The first-order chi connectivity index (χ1) is 12.1. The van der Waals surface area contributed by atoms with Crippen molar-refractivity contribution in [3.63, 3.8) is 0 Å². The summed E-state index contributed by atoms with van der Waals surface area (Å²) in [6.07, 6.45) is 11.0. The van der Waals surface area contributed by atoms with Gasteiger partial charge in [0.2, 0.25) is 5.91 Å². The minimum absolute atomic E-state index is 0.0107. The summed E-state index contributed by atoms with van der Waals surface area (Å²) < 4.78 is 0. The highest BCUT2D eigenvalue weighted by molar-refractivity contribution is 5.90. The molecule has 4 bridgehead atoms. The summed E-state index contributed by atoms with van der Waals surface area (Å²) in [5, 5.41) is 8.87. The summed E-state index contributed by atoms with van der Waals surface area (Å²) in [6, 6.07) is 3.43.